The third kappa shape index (κ3) is 2.20. The molecule has 1 aromatic carbocycles. The molecule has 0 fully saturated rings. The summed E-state index contributed by atoms with van der Waals surface area (Å²) in [6, 6.07) is 2.88. The molecular weight excluding hydrogens is 231 g/mol. The highest BCUT2D eigenvalue weighted by Gasteiger charge is 2.58. The number of hydrogen-bond acceptors (Lipinski definition) is 1. The molecule has 0 saturated heterocycles. The molecule has 0 unspecified atom stereocenters. The molecule has 1 rings (SSSR count). The van der Waals surface area contributed by atoms with E-state index in [9.17, 15) is 26.7 Å². The summed E-state index contributed by atoms with van der Waals surface area (Å²) in [6.07, 6.45) is -5.65. The predicted molar refractivity (Wildman–Crippen MR) is 46.1 cm³/mol. The van der Waals surface area contributed by atoms with Crippen molar-refractivity contribution in [2.75, 3.05) is 0 Å². The second-order valence-electron chi connectivity index (χ2n) is 3.07. The number of Topliss-reactive ketones (excluding diaryl/α,β-unsaturated/α-hetero) is 1. The van der Waals surface area contributed by atoms with Gasteiger partial charge in [0.2, 0.25) is 0 Å². The van der Waals surface area contributed by atoms with Crippen molar-refractivity contribution in [1.29, 1.82) is 0 Å². The number of hydrogen-bond donors (Lipinski definition) is 0. The van der Waals surface area contributed by atoms with Gasteiger partial charge in [-0.3, -0.25) is 4.79 Å². The lowest BCUT2D eigenvalue weighted by atomic mass is 10.0. The van der Waals surface area contributed by atoms with Gasteiger partial charge in [-0.25, -0.2) is 0 Å². The normalized spacial score (nSPS) is 12.6. The van der Waals surface area contributed by atoms with Crippen molar-refractivity contribution in [3.05, 3.63) is 42.3 Å². The van der Waals surface area contributed by atoms with Crippen molar-refractivity contribution < 1.29 is 26.7 Å². The molecule has 0 aliphatic carbocycles. The Morgan fingerprint density at radius 3 is 1.75 bits per heavy atom. The van der Waals surface area contributed by atoms with Gasteiger partial charge in [0.1, 0.15) is 0 Å². The van der Waals surface area contributed by atoms with E-state index >= 15 is 0 Å². The molecule has 0 aliphatic rings. The average molecular weight is 237 g/mol. The lowest BCUT2D eigenvalue weighted by Crippen LogP contribution is -2.33. The molecule has 0 heterocycles. The Kier molecular flexibility index (Phi) is 3.03. The van der Waals surface area contributed by atoms with Gasteiger partial charge in [0.25, 0.3) is 0 Å². The van der Waals surface area contributed by atoms with E-state index in [1.165, 1.54) is 0 Å². The van der Waals surface area contributed by atoms with Crippen LogP contribution in [0.15, 0.2) is 24.3 Å². The van der Waals surface area contributed by atoms with Crippen LogP contribution in [0.3, 0.4) is 0 Å². The van der Waals surface area contributed by atoms with Crippen molar-refractivity contribution in [2.24, 2.45) is 0 Å². The Hall–Kier alpha value is -1.46. The zero-order chi connectivity index (χ0) is 12.6. The topological polar surface area (TPSA) is 17.1 Å². The van der Waals surface area contributed by atoms with E-state index in [-0.39, 0.29) is 5.56 Å². The maximum atomic E-state index is 12.8. The molecule has 0 aliphatic heterocycles. The highest BCUT2D eigenvalue weighted by molar-refractivity contribution is 5.99. The largest absolute Gasteiger partial charge is 0.458 e. The Labute approximate surface area is 87.9 Å². The molecule has 6 heteroatoms. The Morgan fingerprint density at radius 2 is 1.44 bits per heavy atom. The SMILES string of the molecule is [CH2]C(=O)c1ccc(C(F)(F)C(F)(F)F)cc1. The van der Waals surface area contributed by atoms with Crippen LogP contribution >= 0.6 is 0 Å². The van der Waals surface area contributed by atoms with Gasteiger partial charge in [0, 0.05) is 18.1 Å². The van der Waals surface area contributed by atoms with Crippen LogP contribution in [-0.2, 0) is 5.92 Å². The van der Waals surface area contributed by atoms with Crippen LogP contribution in [0, 0.1) is 6.92 Å². The number of rotatable bonds is 2. The van der Waals surface area contributed by atoms with E-state index in [2.05, 4.69) is 6.92 Å². The fourth-order valence-corrected chi connectivity index (χ4v) is 1.03. The lowest BCUT2D eigenvalue weighted by Gasteiger charge is -2.19. The van der Waals surface area contributed by atoms with E-state index in [4.69, 9.17) is 0 Å². The quantitative estimate of drug-likeness (QED) is 0.569. The average Bonchev–Trinajstić information content (AvgIpc) is 2.16. The summed E-state index contributed by atoms with van der Waals surface area (Å²) in [6.45, 7) is 3.00. The molecular formula is C10H6F5O. The first-order valence-corrected chi connectivity index (χ1v) is 4.07. The van der Waals surface area contributed by atoms with Gasteiger partial charge in [0.05, 0.1) is 0 Å². The van der Waals surface area contributed by atoms with Crippen LogP contribution in [0.5, 0.6) is 0 Å². The summed E-state index contributed by atoms with van der Waals surface area (Å²) in [5.74, 6) is -5.57. The highest BCUT2D eigenvalue weighted by Crippen LogP contribution is 2.43. The lowest BCUT2D eigenvalue weighted by molar-refractivity contribution is -0.289. The fraction of sp³-hybridized carbons (Fsp3) is 0.200. The Morgan fingerprint density at radius 1 is 1.00 bits per heavy atom. The number of halogens is 5. The smallest absolute Gasteiger partial charge is 0.294 e. The summed E-state index contributed by atoms with van der Waals surface area (Å²) in [4.78, 5) is 10.7. The summed E-state index contributed by atoms with van der Waals surface area (Å²) in [7, 11) is 0. The number of alkyl halides is 5. The van der Waals surface area contributed by atoms with E-state index in [1.807, 2.05) is 0 Å². The third-order valence-corrected chi connectivity index (χ3v) is 1.93. The second kappa shape index (κ2) is 3.84. The molecule has 0 aromatic heterocycles. The van der Waals surface area contributed by atoms with Crippen LogP contribution in [0.2, 0.25) is 0 Å². The maximum Gasteiger partial charge on any atom is 0.458 e. The number of carbonyl (C=O) groups excluding carboxylic acids is 1. The highest BCUT2D eigenvalue weighted by atomic mass is 19.4. The molecule has 0 N–H and O–H groups in total. The zero-order valence-corrected chi connectivity index (χ0v) is 7.81. The molecule has 16 heavy (non-hydrogen) atoms. The third-order valence-electron chi connectivity index (χ3n) is 1.93. The van der Waals surface area contributed by atoms with Gasteiger partial charge in [-0.2, -0.15) is 22.0 Å². The summed E-state index contributed by atoms with van der Waals surface area (Å²) in [5.41, 5.74) is -1.23. The van der Waals surface area contributed by atoms with Crippen molar-refractivity contribution in [2.45, 2.75) is 12.1 Å². The first kappa shape index (κ1) is 12.6. The number of benzene rings is 1. The maximum absolute atomic E-state index is 12.8. The van der Waals surface area contributed by atoms with Gasteiger partial charge >= 0.3 is 12.1 Å². The van der Waals surface area contributed by atoms with Crippen LogP contribution in [0.4, 0.5) is 22.0 Å². The monoisotopic (exact) mass is 237 g/mol. The van der Waals surface area contributed by atoms with Crippen LogP contribution < -0.4 is 0 Å². The zero-order valence-electron chi connectivity index (χ0n) is 7.81. The molecule has 87 valence electrons. The first-order chi connectivity index (χ1) is 7.16. The predicted octanol–water partition coefficient (Wildman–Crippen LogP) is 3.36. The van der Waals surface area contributed by atoms with Gasteiger partial charge in [-0.15, -0.1) is 0 Å². The van der Waals surface area contributed by atoms with Gasteiger partial charge in [-0.05, 0) is 0 Å². The minimum atomic E-state index is -5.65. The van der Waals surface area contributed by atoms with Crippen molar-refractivity contribution >= 4 is 5.78 Å². The van der Waals surface area contributed by atoms with E-state index in [0.717, 1.165) is 12.1 Å². The molecule has 0 spiro atoms. The van der Waals surface area contributed by atoms with Crippen molar-refractivity contribution in [1.82, 2.24) is 0 Å². The fourth-order valence-electron chi connectivity index (χ4n) is 1.03. The van der Waals surface area contributed by atoms with Crippen LogP contribution in [-0.4, -0.2) is 12.0 Å². The van der Waals surface area contributed by atoms with Crippen molar-refractivity contribution in [3.8, 4) is 0 Å². The van der Waals surface area contributed by atoms with Gasteiger partial charge < -0.3 is 0 Å². The van der Waals surface area contributed by atoms with E-state index < -0.39 is 23.4 Å². The second-order valence-corrected chi connectivity index (χ2v) is 3.07. The van der Waals surface area contributed by atoms with Crippen LogP contribution in [0.1, 0.15) is 15.9 Å². The number of ketones is 1. The van der Waals surface area contributed by atoms with Crippen molar-refractivity contribution in [3.63, 3.8) is 0 Å². The summed E-state index contributed by atoms with van der Waals surface area (Å²) >= 11 is 0. The molecule has 1 aromatic rings. The first-order valence-electron chi connectivity index (χ1n) is 4.07. The Balaban J connectivity index is 3.11. The standard InChI is InChI=1S/C10H6F5O/c1-6(16)7-2-4-8(5-3-7)9(11,12)10(13,14)15/h2-5H,1H2. The molecule has 0 bridgehead atoms. The number of carbonyl (C=O) groups is 1. The van der Waals surface area contributed by atoms with Gasteiger partial charge in [-0.1, -0.05) is 24.3 Å². The van der Waals surface area contributed by atoms with E-state index in [0.29, 0.717) is 12.1 Å². The molecule has 0 atom stereocenters. The summed E-state index contributed by atoms with van der Waals surface area (Å²) < 4.78 is 61.4. The minimum Gasteiger partial charge on any atom is -0.294 e. The Bertz CT molecular complexity index is 391. The molecule has 1 radical (unpaired) electrons. The van der Waals surface area contributed by atoms with Crippen LogP contribution in [0.25, 0.3) is 0 Å². The molecule has 0 saturated carbocycles. The van der Waals surface area contributed by atoms with Gasteiger partial charge in [0.15, 0.2) is 5.78 Å². The minimum absolute atomic E-state index is 0.0262. The van der Waals surface area contributed by atoms with E-state index in [1.54, 1.807) is 0 Å². The molecule has 0 amide bonds. The molecule has 1 nitrogen and oxygen atoms in total. The summed E-state index contributed by atoms with van der Waals surface area (Å²) in [5, 5.41) is 0.